The van der Waals surface area contributed by atoms with Gasteiger partial charge in [0.1, 0.15) is 5.82 Å². The molecule has 2 nitrogen and oxygen atoms in total. The van der Waals surface area contributed by atoms with Crippen molar-refractivity contribution in [1.29, 1.82) is 0 Å². The van der Waals surface area contributed by atoms with E-state index in [1.165, 1.54) is 12.1 Å². The van der Waals surface area contributed by atoms with Gasteiger partial charge in [-0.25, -0.2) is 4.39 Å². The van der Waals surface area contributed by atoms with Crippen molar-refractivity contribution in [2.24, 2.45) is 0 Å². The van der Waals surface area contributed by atoms with Gasteiger partial charge in [-0.2, -0.15) is 0 Å². The molecule has 0 heterocycles. The van der Waals surface area contributed by atoms with E-state index in [4.69, 9.17) is 28.9 Å². The van der Waals surface area contributed by atoms with Gasteiger partial charge >= 0.3 is 0 Å². The number of hydrogen-bond acceptors (Lipinski definition) is 2. The third-order valence-corrected chi connectivity index (χ3v) is 3.28. The van der Waals surface area contributed by atoms with E-state index in [0.717, 1.165) is 0 Å². The van der Waals surface area contributed by atoms with Gasteiger partial charge in [0.2, 0.25) is 0 Å². The van der Waals surface area contributed by atoms with Crippen LogP contribution in [-0.2, 0) is 0 Å². The van der Waals surface area contributed by atoms with Crippen LogP contribution >= 0.6 is 39.1 Å². The molecule has 3 N–H and O–H groups in total. The molecule has 2 aromatic carbocycles. The first kappa shape index (κ1) is 13.5. The number of halogens is 4. The Kier molecular flexibility index (Phi) is 4.00. The topological polar surface area (TPSA) is 38.0 Å². The van der Waals surface area contributed by atoms with Crippen LogP contribution in [0.15, 0.2) is 34.8 Å². The van der Waals surface area contributed by atoms with Crippen molar-refractivity contribution in [3.8, 4) is 0 Å². The van der Waals surface area contributed by atoms with Crippen LogP contribution in [0.25, 0.3) is 0 Å². The molecule has 6 heteroatoms. The average molecular weight is 350 g/mol. The molecule has 0 aliphatic rings. The second kappa shape index (κ2) is 5.34. The molecule has 18 heavy (non-hydrogen) atoms. The van der Waals surface area contributed by atoms with E-state index < -0.39 is 5.82 Å². The van der Waals surface area contributed by atoms with Crippen molar-refractivity contribution in [2.75, 3.05) is 11.1 Å². The van der Waals surface area contributed by atoms with Gasteiger partial charge in [0.15, 0.2) is 0 Å². The van der Waals surface area contributed by atoms with Crippen LogP contribution in [-0.4, -0.2) is 0 Å². The van der Waals surface area contributed by atoms with E-state index in [2.05, 4.69) is 21.2 Å². The molecule has 0 spiro atoms. The molecule has 0 saturated carbocycles. The molecule has 0 amide bonds. The molecule has 0 aliphatic carbocycles. The predicted molar refractivity (Wildman–Crippen MR) is 78.3 cm³/mol. The maximum absolute atomic E-state index is 13.4. The van der Waals surface area contributed by atoms with Crippen LogP contribution in [0.4, 0.5) is 21.5 Å². The summed E-state index contributed by atoms with van der Waals surface area (Å²) in [5.74, 6) is -0.403. The molecular formula is C12H8BrCl2FN2. The molecule has 2 aromatic rings. The quantitative estimate of drug-likeness (QED) is 0.729. The zero-order valence-corrected chi connectivity index (χ0v) is 12.1. The van der Waals surface area contributed by atoms with E-state index in [0.29, 0.717) is 31.6 Å². The summed E-state index contributed by atoms with van der Waals surface area (Å²) in [6.45, 7) is 0. The minimum Gasteiger partial charge on any atom is -0.397 e. The molecular weight excluding hydrogens is 342 g/mol. The first-order chi connectivity index (χ1) is 8.45. The van der Waals surface area contributed by atoms with Crippen molar-refractivity contribution >= 4 is 56.2 Å². The zero-order valence-electron chi connectivity index (χ0n) is 8.98. The predicted octanol–water partition coefficient (Wildman–Crippen LogP) is 5.22. The summed E-state index contributed by atoms with van der Waals surface area (Å²) in [4.78, 5) is 0. The van der Waals surface area contributed by atoms with Gasteiger partial charge in [-0.15, -0.1) is 0 Å². The Morgan fingerprint density at radius 1 is 1.06 bits per heavy atom. The highest BCUT2D eigenvalue weighted by molar-refractivity contribution is 9.10. The van der Waals surface area contributed by atoms with Crippen molar-refractivity contribution in [2.45, 2.75) is 0 Å². The molecule has 0 saturated heterocycles. The number of hydrogen-bond donors (Lipinski definition) is 2. The fourth-order valence-electron chi connectivity index (χ4n) is 1.45. The third-order valence-electron chi connectivity index (χ3n) is 2.23. The second-order valence-corrected chi connectivity index (χ2v) is 5.36. The van der Waals surface area contributed by atoms with Crippen LogP contribution < -0.4 is 11.1 Å². The van der Waals surface area contributed by atoms with Gasteiger partial charge < -0.3 is 11.1 Å². The number of rotatable bonds is 2. The van der Waals surface area contributed by atoms with Gasteiger partial charge in [-0.1, -0.05) is 23.2 Å². The lowest BCUT2D eigenvalue weighted by molar-refractivity contribution is 0.622. The Bertz CT molecular complexity index is 585. The average Bonchev–Trinajstić information content (AvgIpc) is 2.24. The summed E-state index contributed by atoms with van der Waals surface area (Å²) in [5.41, 5.74) is 7.30. The maximum Gasteiger partial charge on any atom is 0.139 e. The molecule has 0 bridgehead atoms. The standard InChI is InChI=1S/C12H8BrCl2FN2/c13-9-4-11(17)12(5-10(9)16)18-8-2-6(14)1-7(15)3-8/h1-5,18H,17H2. The lowest BCUT2D eigenvalue weighted by Crippen LogP contribution is -1.97. The van der Waals surface area contributed by atoms with Gasteiger partial charge in [0.05, 0.1) is 15.8 Å². The van der Waals surface area contributed by atoms with Crippen molar-refractivity contribution in [3.63, 3.8) is 0 Å². The summed E-state index contributed by atoms with van der Waals surface area (Å²) >= 11 is 14.8. The summed E-state index contributed by atoms with van der Waals surface area (Å²) in [7, 11) is 0. The highest BCUT2D eigenvalue weighted by atomic mass is 79.9. The fourth-order valence-corrected chi connectivity index (χ4v) is 2.34. The third kappa shape index (κ3) is 3.07. The van der Waals surface area contributed by atoms with E-state index in [1.54, 1.807) is 18.2 Å². The molecule has 0 aliphatic heterocycles. The monoisotopic (exact) mass is 348 g/mol. The van der Waals surface area contributed by atoms with Crippen molar-refractivity contribution < 1.29 is 4.39 Å². The number of anilines is 3. The molecule has 0 aromatic heterocycles. The zero-order chi connectivity index (χ0) is 13.3. The van der Waals surface area contributed by atoms with Gasteiger partial charge in [-0.3, -0.25) is 0 Å². The first-order valence-electron chi connectivity index (χ1n) is 4.93. The summed E-state index contributed by atoms with van der Waals surface area (Å²) in [6, 6.07) is 7.75. The molecule has 0 radical (unpaired) electrons. The first-order valence-corrected chi connectivity index (χ1v) is 6.48. The number of nitrogen functional groups attached to an aromatic ring is 1. The van der Waals surface area contributed by atoms with E-state index in [1.807, 2.05) is 0 Å². The molecule has 94 valence electrons. The largest absolute Gasteiger partial charge is 0.397 e. The smallest absolute Gasteiger partial charge is 0.139 e. The Balaban J connectivity index is 2.36. The Morgan fingerprint density at radius 3 is 2.28 bits per heavy atom. The van der Waals surface area contributed by atoms with E-state index >= 15 is 0 Å². The summed E-state index contributed by atoms with van der Waals surface area (Å²) in [6.07, 6.45) is 0. The normalized spacial score (nSPS) is 10.4. The van der Waals surface area contributed by atoms with Crippen LogP contribution in [0.2, 0.25) is 10.0 Å². The van der Waals surface area contributed by atoms with Gasteiger partial charge in [-0.05, 0) is 40.2 Å². The molecule has 0 fully saturated rings. The van der Waals surface area contributed by atoms with E-state index in [-0.39, 0.29) is 0 Å². The fraction of sp³-hybridized carbons (Fsp3) is 0. The summed E-state index contributed by atoms with van der Waals surface area (Å²) < 4.78 is 13.7. The van der Waals surface area contributed by atoms with Crippen LogP contribution in [0.3, 0.4) is 0 Å². The van der Waals surface area contributed by atoms with Crippen LogP contribution in [0.5, 0.6) is 0 Å². The van der Waals surface area contributed by atoms with Crippen molar-refractivity contribution in [3.05, 3.63) is 50.7 Å². The van der Waals surface area contributed by atoms with Crippen LogP contribution in [0.1, 0.15) is 0 Å². The highest BCUT2D eigenvalue weighted by Crippen LogP contribution is 2.31. The Labute approximate surface area is 122 Å². The van der Waals surface area contributed by atoms with E-state index in [9.17, 15) is 4.39 Å². The lowest BCUT2D eigenvalue weighted by atomic mass is 10.2. The molecule has 0 unspecified atom stereocenters. The highest BCUT2D eigenvalue weighted by Gasteiger charge is 2.07. The molecule has 0 atom stereocenters. The molecule has 2 rings (SSSR count). The van der Waals surface area contributed by atoms with Gasteiger partial charge in [0, 0.05) is 21.8 Å². The minimum atomic E-state index is -0.403. The van der Waals surface area contributed by atoms with Gasteiger partial charge in [0.25, 0.3) is 0 Å². The SMILES string of the molecule is Nc1cc(Br)c(F)cc1Nc1cc(Cl)cc(Cl)c1. The maximum atomic E-state index is 13.4. The minimum absolute atomic E-state index is 0.315. The van der Waals surface area contributed by atoms with Crippen molar-refractivity contribution in [1.82, 2.24) is 0 Å². The number of nitrogens with one attached hydrogen (secondary N) is 1. The second-order valence-electron chi connectivity index (χ2n) is 3.64. The number of nitrogens with two attached hydrogens (primary N) is 1. The number of benzene rings is 2. The Hall–Kier alpha value is -0.970. The summed E-state index contributed by atoms with van der Waals surface area (Å²) in [5, 5.41) is 3.94. The van der Waals surface area contributed by atoms with Crippen LogP contribution in [0, 0.1) is 5.82 Å². The lowest BCUT2D eigenvalue weighted by Gasteiger charge is -2.11. The Morgan fingerprint density at radius 2 is 1.67 bits per heavy atom.